The number of hydrogen-bond acceptors (Lipinski definition) is 6. The molecule has 6 heteroatoms. The molecule has 0 amide bonds. The van der Waals surface area contributed by atoms with Gasteiger partial charge in [-0.2, -0.15) is 0 Å². The number of carbonyl (C=O) groups excluding carboxylic acids is 2. The highest BCUT2D eigenvalue weighted by Gasteiger charge is 2.17. The number of esters is 2. The van der Waals surface area contributed by atoms with E-state index >= 15 is 0 Å². The Morgan fingerprint density at radius 3 is 2.16 bits per heavy atom. The summed E-state index contributed by atoms with van der Waals surface area (Å²) in [6.45, 7) is 2.10. The second-order valence-corrected chi connectivity index (χ2v) is 7.44. The van der Waals surface area contributed by atoms with E-state index < -0.39 is 0 Å². The van der Waals surface area contributed by atoms with Crippen LogP contribution in [0.1, 0.15) is 17.5 Å². The molecule has 0 aliphatic carbocycles. The van der Waals surface area contributed by atoms with Gasteiger partial charge in [0.25, 0.3) is 0 Å². The molecule has 1 aliphatic heterocycles. The average Bonchev–Trinajstić information content (AvgIpc) is 3.02. The van der Waals surface area contributed by atoms with Gasteiger partial charge in [-0.1, -0.05) is 72.8 Å². The highest BCUT2D eigenvalue weighted by Crippen LogP contribution is 2.10. The van der Waals surface area contributed by atoms with Gasteiger partial charge in [-0.25, -0.2) is 0 Å². The number of allylic oxidation sites excluding steroid dienone is 1. The van der Waals surface area contributed by atoms with Crippen LogP contribution in [0.3, 0.4) is 0 Å². The number of ether oxygens (including phenoxy) is 2. The lowest BCUT2D eigenvalue weighted by Gasteiger charge is -2.21. The third-order valence-corrected chi connectivity index (χ3v) is 4.84. The van der Waals surface area contributed by atoms with Crippen LogP contribution in [0.4, 0.5) is 0 Å². The zero-order chi connectivity index (χ0) is 21.7. The Labute approximate surface area is 183 Å². The summed E-state index contributed by atoms with van der Waals surface area (Å²) in [4.78, 5) is 30.4. The largest absolute Gasteiger partial charge is 0.460 e. The molecule has 0 aromatic heterocycles. The fourth-order valence-electron chi connectivity index (χ4n) is 3.24. The molecule has 0 radical (unpaired) electrons. The molecule has 3 rings (SSSR count). The first-order valence-corrected chi connectivity index (χ1v) is 10.5. The van der Waals surface area contributed by atoms with Crippen molar-refractivity contribution in [3.63, 3.8) is 0 Å². The second kappa shape index (κ2) is 12.4. The Kier molecular flexibility index (Phi) is 9.01. The van der Waals surface area contributed by atoms with Crippen LogP contribution in [-0.4, -0.2) is 49.2 Å². The second-order valence-electron chi connectivity index (χ2n) is 7.44. The van der Waals surface area contributed by atoms with Crippen molar-refractivity contribution in [1.82, 2.24) is 4.90 Å². The Balaban J connectivity index is 1.39. The number of hydrogen-bond donors (Lipinski definition) is 0. The van der Waals surface area contributed by atoms with Crippen LogP contribution in [0.5, 0.6) is 0 Å². The maximum atomic E-state index is 12.2. The molecule has 1 atom stereocenters. The predicted molar refractivity (Wildman–Crippen MR) is 120 cm³/mol. The summed E-state index contributed by atoms with van der Waals surface area (Å²) in [5, 5.41) is 0. The van der Waals surface area contributed by atoms with Crippen LogP contribution in [0.2, 0.25) is 0 Å². The van der Waals surface area contributed by atoms with Gasteiger partial charge in [0.15, 0.2) is 0 Å². The van der Waals surface area contributed by atoms with Gasteiger partial charge in [-0.15, -0.1) is 0 Å². The summed E-state index contributed by atoms with van der Waals surface area (Å²) in [5.74, 6) is -0.479. The standard InChI is InChI=1S/C25H28N2O4/c28-24(30-19-21-9-3-1-4-10-21)16-26-15-23-13-7-8-14-27(17-23)18-25(29)31-20-22-11-5-2-6-12-22/h1-12,15,23H,13-14,16-20H2/t23-/m1/s1. The predicted octanol–water partition coefficient (Wildman–Crippen LogP) is 3.42. The van der Waals surface area contributed by atoms with Crippen molar-refractivity contribution >= 4 is 18.2 Å². The van der Waals surface area contributed by atoms with Gasteiger partial charge in [0.2, 0.25) is 0 Å². The zero-order valence-electron chi connectivity index (χ0n) is 17.6. The van der Waals surface area contributed by atoms with Crippen molar-refractivity contribution < 1.29 is 19.1 Å². The molecule has 0 bridgehead atoms. The Hall–Kier alpha value is -3.25. The van der Waals surface area contributed by atoms with E-state index in [-0.39, 0.29) is 44.2 Å². The molecule has 0 unspecified atom stereocenters. The summed E-state index contributed by atoms with van der Waals surface area (Å²) in [5.41, 5.74) is 1.92. The molecule has 6 nitrogen and oxygen atoms in total. The van der Waals surface area contributed by atoms with Crippen LogP contribution >= 0.6 is 0 Å². The number of aliphatic imine (C=N–C) groups is 1. The molecule has 0 N–H and O–H groups in total. The molecule has 0 fully saturated rings. The van der Waals surface area contributed by atoms with E-state index in [0.717, 1.165) is 17.5 Å². The molecule has 1 heterocycles. The summed E-state index contributed by atoms with van der Waals surface area (Å²) in [6.07, 6.45) is 6.74. The van der Waals surface area contributed by atoms with Gasteiger partial charge < -0.3 is 9.47 Å². The van der Waals surface area contributed by atoms with Crippen molar-refractivity contribution in [1.29, 1.82) is 0 Å². The first-order valence-electron chi connectivity index (χ1n) is 10.5. The summed E-state index contributed by atoms with van der Waals surface area (Å²) in [7, 11) is 0. The van der Waals surface area contributed by atoms with Crippen molar-refractivity contribution in [3.8, 4) is 0 Å². The maximum Gasteiger partial charge on any atom is 0.328 e. The van der Waals surface area contributed by atoms with Crippen molar-refractivity contribution in [3.05, 3.63) is 83.9 Å². The minimum absolute atomic E-state index is 0.00777. The molecule has 0 saturated carbocycles. The van der Waals surface area contributed by atoms with Gasteiger partial charge in [0, 0.05) is 25.2 Å². The van der Waals surface area contributed by atoms with Crippen LogP contribution in [-0.2, 0) is 32.3 Å². The third kappa shape index (κ3) is 8.56. The molecule has 162 valence electrons. The lowest BCUT2D eigenvalue weighted by Crippen LogP contribution is -2.34. The number of carbonyl (C=O) groups is 2. The third-order valence-electron chi connectivity index (χ3n) is 4.84. The minimum Gasteiger partial charge on any atom is -0.460 e. The van der Waals surface area contributed by atoms with Crippen LogP contribution < -0.4 is 0 Å². The lowest BCUT2D eigenvalue weighted by molar-refractivity contribution is -0.146. The van der Waals surface area contributed by atoms with E-state index in [1.165, 1.54) is 0 Å². The van der Waals surface area contributed by atoms with E-state index in [2.05, 4.69) is 11.1 Å². The van der Waals surface area contributed by atoms with Crippen molar-refractivity contribution in [2.45, 2.75) is 19.6 Å². The van der Waals surface area contributed by atoms with Crippen LogP contribution in [0, 0.1) is 5.92 Å². The van der Waals surface area contributed by atoms with E-state index in [4.69, 9.17) is 9.47 Å². The van der Waals surface area contributed by atoms with Gasteiger partial charge in [0.1, 0.15) is 19.8 Å². The molecular formula is C25H28N2O4. The fourth-order valence-corrected chi connectivity index (χ4v) is 3.24. The average molecular weight is 421 g/mol. The van der Waals surface area contributed by atoms with Crippen LogP contribution in [0.15, 0.2) is 77.8 Å². The molecule has 2 aromatic rings. The lowest BCUT2D eigenvalue weighted by atomic mass is 10.1. The van der Waals surface area contributed by atoms with E-state index in [9.17, 15) is 9.59 Å². The SMILES string of the molecule is O=C(CN=C[C@H]1CC=CCN(CC(=O)OCc2ccccc2)C1)OCc1ccccc1. The molecule has 2 aromatic carbocycles. The van der Waals surface area contributed by atoms with Crippen molar-refractivity contribution in [2.24, 2.45) is 10.9 Å². The number of benzene rings is 2. The molecule has 31 heavy (non-hydrogen) atoms. The first-order chi connectivity index (χ1) is 15.2. The van der Waals surface area contributed by atoms with Crippen LogP contribution in [0.25, 0.3) is 0 Å². The van der Waals surface area contributed by atoms with Gasteiger partial charge in [-0.05, 0) is 17.5 Å². The smallest absolute Gasteiger partial charge is 0.328 e. The topological polar surface area (TPSA) is 68.2 Å². The maximum absolute atomic E-state index is 12.2. The minimum atomic E-state index is -0.356. The summed E-state index contributed by atoms with van der Waals surface area (Å²) in [6, 6.07) is 19.2. The highest BCUT2D eigenvalue weighted by atomic mass is 16.5. The normalized spacial score (nSPS) is 16.7. The van der Waals surface area contributed by atoms with E-state index in [1.807, 2.05) is 71.6 Å². The highest BCUT2D eigenvalue weighted by molar-refractivity contribution is 5.75. The molecule has 1 aliphatic rings. The number of rotatable bonds is 9. The van der Waals surface area contributed by atoms with Gasteiger partial charge >= 0.3 is 11.9 Å². The summed E-state index contributed by atoms with van der Waals surface area (Å²) >= 11 is 0. The van der Waals surface area contributed by atoms with Gasteiger partial charge in [-0.3, -0.25) is 19.5 Å². The first kappa shape index (κ1) is 22.4. The Bertz CT molecular complexity index is 881. The monoisotopic (exact) mass is 420 g/mol. The number of nitrogens with zero attached hydrogens (tertiary/aromatic N) is 2. The molecule has 0 spiro atoms. The Morgan fingerprint density at radius 1 is 0.903 bits per heavy atom. The quantitative estimate of drug-likeness (QED) is 0.353. The molecular weight excluding hydrogens is 392 g/mol. The Morgan fingerprint density at radius 2 is 1.52 bits per heavy atom. The summed E-state index contributed by atoms with van der Waals surface area (Å²) < 4.78 is 10.6. The fraction of sp³-hybridized carbons (Fsp3) is 0.320. The van der Waals surface area contributed by atoms with Gasteiger partial charge in [0.05, 0.1) is 6.54 Å². The van der Waals surface area contributed by atoms with Crippen molar-refractivity contribution in [2.75, 3.05) is 26.2 Å². The molecule has 0 saturated heterocycles. The van der Waals surface area contributed by atoms with E-state index in [1.54, 1.807) is 6.21 Å². The van der Waals surface area contributed by atoms with E-state index in [0.29, 0.717) is 13.1 Å². The zero-order valence-corrected chi connectivity index (χ0v) is 17.6.